The average Bonchev–Trinajstić information content (AvgIpc) is 2.75. The van der Waals surface area contributed by atoms with Gasteiger partial charge in [0.05, 0.1) is 0 Å². The van der Waals surface area contributed by atoms with Gasteiger partial charge < -0.3 is 4.74 Å². The SMILES string of the molecule is CCC.CCCCCOCCCCCc1cccc(CCCCCCCCC(C)C)c1. The van der Waals surface area contributed by atoms with E-state index in [-0.39, 0.29) is 0 Å². The summed E-state index contributed by atoms with van der Waals surface area (Å²) in [4.78, 5) is 0. The quantitative estimate of drug-likeness (QED) is 0.198. The molecule has 0 atom stereocenters. The molecule has 0 aliphatic rings. The van der Waals surface area contributed by atoms with E-state index in [0.29, 0.717) is 0 Å². The lowest BCUT2D eigenvalue weighted by Crippen LogP contribution is -1.97. The number of aryl methyl sites for hydroxylation is 2. The molecule has 0 radical (unpaired) electrons. The lowest BCUT2D eigenvalue weighted by Gasteiger charge is -2.07. The first-order valence-electron chi connectivity index (χ1n) is 13.8. The topological polar surface area (TPSA) is 9.23 Å². The molecule has 1 rings (SSSR count). The van der Waals surface area contributed by atoms with Gasteiger partial charge in [0.25, 0.3) is 0 Å². The predicted molar refractivity (Wildman–Crippen MR) is 141 cm³/mol. The minimum atomic E-state index is 0.871. The minimum absolute atomic E-state index is 0.871. The highest BCUT2D eigenvalue weighted by molar-refractivity contribution is 5.23. The Kier molecular flexibility index (Phi) is 23.2. The van der Waals surface area contributed by atoms with Crippen LogP contribution in [0, 0.1) is 5.92 Å². The first-order chi connectivity index (χ1) is 15.1. The van der Waals surface area contributed by atoms with Crippen LogP contribution in [0.2, 0.25) is 0 Å². The molecular weight excluding hydrogens is 376 g/mol. The molecule has 31 heavy (non-hydrogen) atoms. The van der Waals surface area contributed by atoms with E-state index in [0.717, 1.165) is 19.1 Å². The average molecular weight is 433 g/mol. The third-order valence-electron chi connectivity index (χ3n) is 5.63. The summed E-state index contributed by atoms with van der Waals surface area (Å²) < 4.78 is 5.70. The van der Waals surface area contributed by atoms with Crippen LogP contribution in [0.25, 0.3) is 0 Å². The molecular formula is C30H56O. The summed E-state index contributed by atoms with van der Waals surface area (Å²) >= 11 is 0. The fourth-order valence-electron chi connectivity index (χ4n) is 3.80. The summed E-state index contributed by atoms with van der Waals surface area (Å²) in [5, 5.41) is 0. The number of hydrogen-bond donors (Lipinski definition) is 0. The monoisotopic (exact) mass is 432 g/mol. The summed E-state index contributed by atoms with van der Waals surface area (Å²) in [6.45, 7) is 13.1. The van der Waals surface area contributed by atoms with Gasteiger partial charge in [0, 0.05) is 13.2 Å². The molecule has 0 saturated carbocycles. The van der Waals surface area contributed by atoms with E-state index in [1.807, 2.05) is 0 Å². The van der Waals surface area contributed by atoms with Crippen molar-refractivity contribution in [3.05, 3.63) is 35.4 Å². The highest BCUT2D eigenvalue weighted by Crippen LogP contribution is 2.15. The largest absolute Gasteiger partial charge is 0.381 e. The third-order valence-corrected chi connectivity index (χ3v) is 5.63. The number of rotatable bonds is 19. The first kappa shape index (κ1) is 30.2. The van der Waals surface area contributed by atoms with Crippen molar-refractivity contribution in [1.82, 2.24) is 0 Å². The molecule has 0 amide bonds. The van der Waals surface area contributed by atoms with Crippen molar-refractivity contribution in [1.29, 1.82) is 0 Å². The fraction of sp³-hybridized carbons (Fsp3) is 0.800. The summed E-state index contributed by atoms with van der Waals surface area (Å²) in [6, 6.07) is 9.33. The van der Waals surface area contributed by atoms with Crippen LogP contribution in [-0.2, 0) is 17.6 Å². The Morgan fingerprint density at radius 1 is 0.645 bits per heavy atom. The lowest BCUT2D eigenvalue weighted by molar-refractivity contribution is 0.126. The van der Waals surface area contributed by atoms with Crippen molar-refractivity contribution in [3.8, 4) is 0 Å². The molecule has 1 aromatic rings. The molecule has 182 valence electrons. The van der Waals surface area contributed by atoms with E-state index < -0.39 is 0 Å². The predicted octanol–water partition coefficient (Wildman–Crippen LogP) is 9.95. The summed E-state index contributed by atoms with van der Waals surface area (Å²) in [6.07, 6.45) is 21.2. The molecule has 1 aromatic carbocycles. The van der Waals surface area contributed by atoms with Crippen molar-refractivity contribution in [2.24, 2.45) is 5.92 Å². The molecule has 0 fully saturated rings. The second-order valence-corrected chi connectivity index (χ2v) is 9.71. The molecule has 0 unspecified atom stereocenters. The smallest absolute Gasteiger partial charge is 0.0466 e. The van der Waals surface area contributed by atoms with E-state index >= 15 is 0 Å². The van der Waals surface area contributed by atoms with Crippen molar-refractivity contribution < 1.29 is 4.74 Å². The molecule has 0 aliphatic heterocycles. The highest BCUT2D eigenvalue weighted by Gasteiger charge is 1.99. The van der Waals surface area contributed by atoms with E-state index in [9.17, 15) is 0 Å². The molecule has 1 heteroatoms. The summed E-state index contributed by atoms with van der Waals surface area (Å²) in [7, 11) is 0. The van der Waals surface area contributed by atoms with Crippen LogP contribution >= 0.6 is 0 Å². The van der Waals surface area contributed by atoms with Gasteiger partial charge in [-0.1, -0.05) is 123 Å². The maximum Gasteiger partial charge on any atom is 0.0466 e. The minimum Gasteiger partial charge on any atom is -0.381 e. The van der Waals surface area contributed by atoms with E-state index in [2.05, 4.69) is 58.9 Å². The van der Waals surface area contributed by atoms with Crippen LogP contribution in [0.4, 0.5) is 0 Å². The van der Waals surface area contributed by atoms with Gasteiger partial charge >= 0.3 is 0 Å². The lowest BCUT2D eigenvalue weighted by atomic mass is 10.00. The molecule has 0 aromatic heterocycles. The number of hydrogen-bond acceptors (Lipinski definition) is 1. The van der Waals surface area contributed by atoms with Crippen LogP contribution in [0.5, 0.6) is 0 Å². The molecule has 0 saturated heterocycles. The van der Waals surface area contributed by atoms with Gasteiger partial charge in [-0.15, -0.1) is 0 Å². The van der Waals surface area contributed by atoms with Crippen LogP contribution in [-0.4, -0.2) is 13.2 Å². The maximum absolute atomic E-state index is 5.70. The molecule has 1 nitrogen and oxygen atoms in total. The normalized spacial score (nSPS) is 10.9. The molecule has 0 N–H and O–H groups in total. The van der Waals surface area contributed by atoms with Gasteiger partial charge in [-0.05, 0) is 55.6 Å². The van der Waals surface area contributed by atoms with Crippen molar-refractivity contribution in [2.45, 2.75) is 137 Å². The second kappa shape index (κ2) is 23.8. The zero-order valence-electron chi connectivity index (χ0n) is 22.0. The Bertz CT molecular complexity index is 465. The summed E-state index contributed by atoms with van der Waals surface area (Å²) in [5.41, 5.74) is 3.06. The van der Waals surface area contributed by atoms with Gasteiger partial charge in [-0.3, -0.25) is 0 Å². The molecule has 0 bridgehead atoms. The van der Waals surface area contributed by atoms with Crippen LogP contribution in [0.15, 0.2) is 24.3 Å². The standard InChI is InChI=1S/C27H48O.C3H8/c1-4-5-14-22-28-23-15-10-13-19-27-21-16-20-26(24-27)18-12-9-7-6-8-11-17-25(2)3;1-3-2/h16,20-21,24-25H,4-15,17-19,22-23H2,1-3H3;3H2,1-2H3. The Morgan fingerprint density at radius 3 is 1.68 bits per heavy atom. The van der Waals surface area contributed by atoms with E-state index in [1.165, 1.54) is 114 Å². The zero-order valence-corrected chi connectivity index (χ0v) is 22.0. The van der Waals surface area contributed by atoms with Crippen LogP contribution < -0.4 is 0 Å². The van der Waals surface area contributed by atoms with Crippen LogP contribution in [0.3, 0.4) is 0 Å². The number of ether oxygens (including phenoxy) is 1. The van der Waals surface area contributed by atoms with Gasteiger partial charge in [0.1, 0.15) is 0 Å². The fourth-order valence-corrected chi connectivity index (χ4v) is 3.80. The highest BCUT2D eigenvalue weighted by atomic mass is 16.5. The van der Waals surface area contributed by atoms with Gasteiger partial charge in [-0.25, -0.2) is 0 Å². The van der Waals surface area contributed by atoms with Crippen molar-refractivity contribution >= 4 is 0 Å². The first-order valence-corrected chi connectivity index (χ1v) is 13.8. The summed E-state index contributed by atoms with van der Waals surface area (Å²) in [5.74, 6) is 0.871. The van der Waals surface area contributed by atoms with Gasteiger partial charge in [0.2, 0.25) is 0 Å². The van der Waals surface area contributed by atoms with E-state index in [1.54, 1.807) is 0 Å². The van der Waals surface area contributed by atoms with Crippen molar-refractivity contribution in [2.75, 3.05) is 13.2 Å². The van der Waals surface area contributed by atoms with Crippen LogP contribution in [0.1, 0.15) is 136 Å². The zero-order chi connectivity index (χ0) is 23.0. The Labute approximate surface area is 196 Å². The Morgan fingerprint density at radius 2 is 1.13 bits per heavy atom. The Hall–Kier alpha value is -0.820. The van der Waals surface area contributed by atoms with Crippen molar-refractivity contribution in [3.63, 3.8) is 0 Å². The number of benzene rings is 1. The maximum atomic E-state index is 5.70. The Balaban J connectivity index is 0.00000282. The van der Waals surface area contributed by atoms with E-state index in [4.69, 9.17) is 4.74 Å². The third kappa shape index (κ3) is 22.2. The number of unbranched alkanes of at least 4 members (excludes halogenated alkanes) is 9. The molecule has 0 spiro atoms. The van der Waals surface area contributed by atoms with Gasteiger partial charge in [-0.2, -0.15) is 0 Å². The molecule has 0 heterocycles. The molecule has 0 aliphatic carbocycles. The second-order valence-electron chi connectivity index (χ2n) is 9.71. The van der Waals surface area contributed by atoms with Gasteiger partial charge in [0.15, 0.2) is 0 Å².